The summed E-state index contributed by atoms with van der Waals surface area (Å²) in [6.07, 6.45) is 3.14. The molecular weight excluding hydrogens is 272 g/mol. The number of aryl methyl sites for hydroxylation is 2. The van der Waals surface area contributed by atoms with Crippen LogP contribution in [0.15, 0.2) is 34.1 Å². The molecule has 8 heteroatoms. The molecule has 0 saturated carbocycles. The Kier molecular flexibility index (Phi) is 2.98. The number of H-pyrrole nitrogens is 2. The summed E-state index contributed by atoms with van der Waals surface area (Å²) >= 11 is 0. The molecule has 2 N–H and O–H groups in total. The Labute approximate surface area is 118 Å². The van der Waals surface area contributed by atoms with Crippen LogP contribution in [0.5, 0.6) is 0 Å². The van der Waals surface area contributed by atoms with Crippen molar-refractivity contribution in [2.24, 2.45) is 7.05 Å². The Balaban J connectivity index is 2.17. The number of aromatic amines is 2. The first kappa shape index (κ1) is 13.0. The van der Waals surface area contributed by atoms with Gasteiger partial charge in [-0.15, -0.1) is 5.10 Å². The average molecular weight is 284 g/mol. The molecular formula is C13H12N6O2. The number of hydrogen-bond acceptors (Lipinski definition) is 5. The van der Waals surface area contributed by atoms with Gasteiger partial charge in [0.1, 0.15) is 5.69 Å². The minimum Gasteiger partial charge on any atom is -0.313 e. The van der Waals surface area contributed by atoms with Gasteiger partial charge in [0.15, 0.2) is 0 Å². The highest BCUT2D eigenvalue weighted by atomic mass is 16.2. The van der Waals surface area contributed by atoms with Gasteiger partial charge in [-0.2, -0.15) is 10.2 Å². The lowest BCUT2D eigenvalue weighted by atomic mass is 10.1. The zero-order valence-electron chi connectivity index (χ0n) is 11.4. The van der Waals surface area contributed by atoms with Crippen LogP contribution in [0.1, 0.15) is 5.69 Å². The fraction of sp³-hybridized carbons (Fsp3) is 0.154. The summed E-state index contributed by atoms with van der Waals surface area (Å²) in [5.41, 5.74) is 1.78. The van der Waals surface area contributed by atoms with Crippen molar-refractivity contribution in [1.82, 2.24) is 29.9 Å². The molecule has 0 saturated heterocycles. The van der Waals surface area contributed by atoms with E-state index in [1.165, 1.54) is 6.20 Å². The van der Waals surface area contributed by atoms with Crippen LogP contribution in [-0.2, 0) is 7.05 Å². The SMILES string of the molecule is Cc1nnc(-c2c[nH]c(=O)[nH]c2=O)cc1-c1ccn(C)n1. The van der Waals surface area contributed by atoms with Crippen LogP contribution in [0.4, 0.5) is 0 Å². The fourth-order valence-electron chi connectivity index (χ4n) is 2.00. The third kappa shape index (κ3) is 2.38. The van der Waals surface area contributed by atoms with E-state index in [0.717, 1.165) is 11.3 Å². The summed E-state index contributed by atoms with van der Waals surface area (Å²) in [5.74, 6) is 0. The molecule has 0 atom stereocenters. The Bertz CT molecular complexity index is 921. The molecule has 21 heavy (non-hydrogen) atoms. The van der Waals surface area contributed by atoms with Crippen molar-refractivity contribution in [3.63, 3.8) is 0 Å². The van der Waals surface area contributed by atoms with E-state index in [2.05, 4.69) is 25.3 Å². The molecule has 0 aliphatic carbocycles. The predicted octanol–water partition coefficient (Wildman–Crippen LogP) is 0.229. The van der Waals surface area contributed by atoms with E-state index < -0.39 is 11.2 Å². The first-order valence-electron chi connectivity index (χ1n) is 6.21. The summed E-state index contributed by atoms with van der Waals surface area (Å²) < 4.78 is 1.68. The number of hydrogen-bond donors (Lipinski definition) is 2. The predicted molar refractivity (Wildman–Crippen MR) is 75.6 cm³/mol. The summed E-state index contributed by atoms with van der Waals surface area (Å²) in [6, 6.07) is 3.58. The lowest BCUT2D eigenvalue weighted by Crippen LogP contribution is -2.22. The van der Waals surface area contributed by atoms with Crippen molar-refractivity contribution in [3.8, 4) is 22.5 Å². The Morgan fingerprint density at radius 3 is 2.62 bits per heavy atom. The van der Waals surface area contributed by atoms with Gasteiger partial charge >= 0.3 is 5.69 Å². The highest BCUT2D eigenvalue weighted by Gasteiger charge is 2.12. The van der Waals surface area contributed by atoms with Crippen molar-refractivity contribution in [3.05, 3.63) is 51.1 Å². The maximum atomic E-state index is 11.8. The number of nitrogens with zero attached hydrogens (tertiary/aromatic N) is 4. The topological polar surface area (TPSA) is 109 Å². The zero-order valence-corrected chi connectivity index (χ0v) is 11.4. The highest BCUT2D eigenvalue weighted by molar-refractivity contribution is 5.68. The van der Waals surface area contributed by atoms with Crippen molar-refractivity contribution in [2.75, 3.05) is 0 Å². The summed E-state index contributed by atoms with van der Waals surface area (Å²) in [7, 11) is 1.82. The Morgan fingerprint density at radius 1 is 1.14 bits per heavy atom. The zero-order chi connectivity index (χ0) is 15.0. The minimum atomic E-state index is -0.561. The van der Waals surface area contributed by atoms with Gasteiger partial charge < -0.3 is 4.98 Å². The highest BCUT2D eigenvalue weighted by Crippen LogP contribution is 2.23. The molecule has 0 aliphatic rings. The van der Waals surface area contributed by atoms with Gasteiger partial charge in [-0.1, -0.05) is 0 Å². The van der Waals surface area contributed by atoms with Gasteiger partial charge in [0.25, 0.3) is 5.56 Å². The molecule has 106 valence electrons. The molecule has 0 spiro atoms. The van der Waals surface area contributed by atoms with Crippen molar-refractivity contribution < 1.29 is 0 Å². The molecule has 0 aromatic carbocycles. The van der Waals surface area contributed by atoms with Crippen LogP contribution >= 0.6 is 0 Å². The lowest BCUT2D eigenvalue weighted by molar-refractivity contribution is 0.770. The first-order valence-corrected chi connectivity index (χ1v) is 6.21. The van der Waals surface area contributed by atoms with Crippen LogP contribution in [-0.4, -0.2) is 29.9 Å². The van der Waals surface area contributed by atoms with E-state index >= 15 is 0 Å². The monoisotopic (exact) mass is 284 g/mol. The molecule has 8 nitrogen and oxygen atoms in total. The van der Waals surface area contributed by atoms with Gasteiger partial charge in [0.05, 0.1) is 17.0 Å². The smallest absolute Gasteiger partial charge is 0.313 e. The normalized spacial score (nSPS) is 10.8. The quantitative estimate of drug-likeness (QED) is 0.700. The summed E-state index contributed by atoms with van der Waals surface area (Å²) in [4.78, 5) is 27.5. The second kappa shape index (κ2) is 4.82. The third-order valence-corrected chi connectivity index (χ3v) is 3.06. The van der Waals surface area contributed by atoms with E-state index in [-0.39, 0.29) is 5.56 Å². The maximum absolute atomic E-state index is 11.8. The third-order valence-electron chi connectivity index (χ3n) is 3.06. The average Bonchev–Trinajstić information content (AvgIpc) is 2.86. The number of rotatable bonds is 2. The van der Waals surface area contributed by atoms with Crippen molar-refractivity contribution in [1.29, 1.82) is 0 Å². The molecule has 0 radical (unpaired) electrons. The van der Waals surface area contributed by atoms with Crippen LogP contribution in [0.3, 0.4) is 0 Å². The van der Waals surface area contributed by atoms with E-state index in [1.807, 2.05) is 26.2 Å². The van der Waals surface area contributed by atoms with Crippen LogP contribution in [0.25, 0.3) is 22.5 Å². The van der Waals surface area contributed by atoms with Crippen LogP contribution in [0.2, 0.25) is 0 Å². The Morgan fingerprint density at radius 2 is 1.95 bits per heavy atom. The van der Waals surface area contributed by atoms with Gasteiger partial charge in [-0.25, -0.2) is 4.79 Å². The van der Waals surface area contributed by atoms with Crippen LogP contribution in [0, 0.1) is 6.92 Å². The van der Waals surface area contributed by atoms with E-state index in [0.29, 0.717) is 11.4 Å². The minimum absolute atomic E-state index is 0.249. The fourth-order valence-corrected chi connectivity index (χ4v) is 2.00. The van der Waals surface area contributed by atoms with Crippen molar-refractivity contribution >= 4 is 0 Å². The Hall–Kier alpha value is -3.03. The molecule has 0 unspecified atom stereocenters. The molecule has 3 aromatic rings. The largest absolute Gasteiger partial charge is 0.325 e. The second-order valence-corrected chi connectivity index (χ2v) is 4.59. The molecule has 0 amide bonds. The van der Waals surface area contributed by atoms with E-state index in [9.17, 15) is 9.59 Å². The first-order chi connectivity index (χ1) is 10.0. The van der Waals surface area contributed by atoms with E-state index in [4.69, 9.17) is 0 Å². The molecule has 0 bridgehead atoms. The standard InChI is InChI=1S/C13H12N6O2/c1-7-8(10-3-4-19(2)18-10)5-11(17-16-7)9-6-14-13(21)15-12(9)20/h3-6H,1-2H3,(H2,14,15,20,21). The van der Waals surface area contributed by atoms with Gasteiger partial charge in [0.2, 0.25) is 0 Å². The summed E-state index contributed by atoms with van der Waals surface area (Å²) in [6.45, 7) is 1.82. The second-order valence-electron chi connectivity index (χ2n) is 4.59. The molecule has 3 aromatic heterocycles. The van der Waals surface area contributed by atoms with Crippen LogP contribution < -0.4 is 11.2 Å². The van der Waals surface area contributed by atoms with Crippen molar-refractivity contribution in [2.45, 2.75) is 6.92 Å². The molecule has 0 fully saturated rings. The molecule has 3 rings (SSSR count). The number of nitrogens with one attached hydrogen (secondary N) is 2. The maximum Gasteiger partial charge on any atom is 0.325 e. The van der Waals surface area contributed by atoms with E-state index in [1.54, 1.807) is 10.7 Å². The van der Waals surface area contributed by atoms with Gasteiger partial charge in [0, 0.05) is 25.0 Å². The summed E-state index contributed by atoms with van der Waals surface area (Å²) in [5, 5.41) is 12.4. The number of aromatic nitrogens is 6. The van der Waals surface area contributed by atoms with Gasteiger partial charge in [-0.05, 0) is 19.1 Å². The lowest BCUT2D eigenvalue weighted by Gasteiger charge is -2.04. The van der Waals surface area contributed by atoms with Gasteiger partial charge in [-0.3, -0.25) is 14.5 Å². The molecule has 0 aliphatic heterocycles. The molecule has 3 heterocycles.